The molecule has 2 heterocycles. The molecule has 2 saturated heterocycles. The smallest absolute Gasteiger partial charge is 0.297 e. The normalized spacial score (nSPS) is 22.7. The summed E-state index contributed by atoms with van der Waals surface area (Å²) >= 11 is 5.66. The van der Waals surface area contributed by atoms with E-state index in [1.807, 2.05) is 13.8 Å². The monoisotopic (exact) mass is 459 g/mol. The van der Waals surface area contributed by atoms with Gasteiger partial charge in [0.05, 0.1) is 6.61 Å². The van der Waals surface area contributed by atoms with E-state index in [9.17, 15) is 24.6 Å². The summed E-state index contributed by atoms with van der Waals surface area (Å²) in [6, 6.07) is 8.34. The molecule has 8 nitrogen and oxygen atoms in total. The van der Waals surface area contributed by atoms with E-state index in [0.29, 0.717) is 31.5 Å². The summed E-state index contributed by atoms with van der Waals surface area (Å²) in [5.41, 5.74) is -1.89. The predicted molar refractivity (Wildman–Crippen MR) is 123 cm³/mol. The van der Waals surface area contributed by atoms with E-state index in [2.05, 4.69) is 0 Å². The summed E-state index contributed by atoms with van der Waals surface area (Å²) in [5, 5.41) is 21.1. The number of rotatable bonds is 9. The number of Topliss-reactive ketones (excluding diaryl/α,β-unsaturated/α-hetero) is 1. The first-order valence-electron chi connectivity index (χ1n) is 11.0. The zero-order valence-corrected chi connectivity index (χ0v) is 19.2. The number of ketones is 1. The molecule has 2 N–H and O–H groups in total. The minimum atomic E-state index is -1.91. The first-order chi connectivity index (χ1) is 15.4. The molecule has 1 aromatic carbocycles. The second kappa shape index (κ2) is 9.79. The Labute approximate surface area is 193 Å². The Kier molecular flexibility index (Phi) is 7.30. The van der Waals surface area contributed by atoms with Gasteiger partial charge < -0.3 is 15.1 Å². The number of hydrogen-bond donors (Lipinski definition) is 2. The van der Waals surface area contributed by atoms with Crippen LogP contribution >= 0.6 is 12.2 Å². The van der Waals surface area contributed by atoms with Crippen LogP contribution in [0, 0.1) is 0 Å². The quantitative estimate of drug-likeness (QED) is 0.252. The van der Waals surface area contributed by atoms with Gasteiger partial charge in [-0.25, -0.2) is 0 Å². The number of carbonyl (C=O) groups is 3. The minimum absolute atomic E-state index is 0.223. The fraction of sp³-hybridized carbons (Fsp3) is 0.478. The van der Waals surface area contributed by atoms with E-state index < -0.39 is 35.6 Å². The summed E-state index contributed by atoms with van der Waals surface area (Å²) < 4.78 is 0. The Morgan fingerprint density at radius 3 is 2.19 bits per heavy atom. The average molecular weight is 460 g/mol. The van der Waals surface area contributed by atoms with Gasteiger partial charge in [0, 0.05) is 25.2 Å². The highest BCUT2D eigenvalue weighted by molar-refractivity contribution is 7.80. The number of unbranched alkanes of at least 4 members (excludes halogenated alkanes) is 2. The summed E-state index contributed by atoms with van der Waals surface area (Å²) in [7, 11) is 0. The topological polar surface area (TPSA) is 101 Å². The first-order valence-corrected chi connectivity index (χ1v) is 11.4. The number of hydrogen-bond acceptors (Lipinski definition) is 6. The Morgan fingerprint density at radius 2 is 1.59 bits per heavy atom. The van der Waals surface area contributed by atoms with Gasteiger partial charge >= 0.3 is 0 Å². The molecule has 2 amide bonds. The molecule has 2 aliphatic rings. The molecule has 1 aromatic rings. The lowest BCUT2D eigenvalue weighted by Gasteiger charge is -2.39. The van der Waals surface area contributed by atoms with Crippen LogP contribution in [0.1, 0.15) is 45.1 Å². The van der Waals surface area contributed by atoms with Gasteiger partial charge in [0.15, 0.2) is 5.11 Å². The van der Waals surface area contributed by atoms with Crippen LogP contribution in [0.2, 0.25) is 0 Å². The van der Waals surface area contributed by atoms with Gasteiger partial charge in [-0.2, -0.15) is 0 Å². The molecule has 2 fully saturated rings. The van der Waals surface area contributed by atoms with Crippen LogP contribution < -0.4 is 0 Å². The average Bonchev–Trinajstić information content (AvgIpc) is 3.14. The van der Waals surface area contributed by atoms with Crippen LogP contribution in [0.5, 0.6) is 0 Å². The molecule has 0 bridgehead atoms. The molecule has 1 spiro atoms. The molecule has 3 rings (SSSR count). The highest BCUT2D eigenvalue weighted by Gasteiger charge is 2.69. The first kappa shape index (κ1) is 23.9. The number of aliphatic hydroxyl groups is 2. The fourth-order valence-corrected chi connectivity index (χ4v) is 4.71. The predicted octanol–water partition coefficient (Wildman–Crippen LogP) is 2.08. The molecule has 1 unspecified atom stereocenters. The van der Waals surface area contributed by atoms with E-state index in [1.165, 1.54) is 4.90 Å². The van der Waals surface area contributed by atoms with Crippen molar-refractivity contribution in [3.05, 3.63) is 41.5 Å². The van der Waals surface area contributed by atoms with Gasteiger partial charge in [-0.1, -0.05) is 57.0 Å². The van der Waals surface area contributed by atoms with Gasteiger partial charge in [-0.05, 0) is 25.1 Å². The number of nitrogens with zero attached hydrogens (tertiary/aromatic N) is 3. The van der Waals surface area contributed by atoms with Gasteiger partial charge in [0.25, 0.3) is 17.6 Å². The molecule has 0 radical (unpaired) electrons. The number of carbonyl (C=O) groups excluding carboxylic acids is 3. The van der Waals surface area contributed by atoms with Crippen LogP contribution in [0.15, 0.2) is 35.9 Å². The molecule has 1 atom stereocenters. The van der Waals surface area contributed by atoms with Crippen LogP contribution in [0.3, 0.4) is 0 Å². The lowest BCUT2D eigenvalue weighted by Crippen LogP contribution is -2.61. The van der Waals surface area contributed by atoms with E-state index in [4.69, 9.17) is 12.2 Å². The molecule has 172 valence electrons. The summed E-state index contributed by atoms with van der Waals surface area (Å²) in [6.07, 6.45) is 2.97. The summed E-state index contributed by atoms with van der Waals surface area (Å²) in [4.78, 5) is 44.3. The fourth-order valence-electron chi connectivity index (χ4n) is 4.31. The van der Waals surface area contributed by atoms with E-state index >= 15 is 0 Å². The number of amides is 2. The Hall–Kier alpha value is -2.78. The van der Waals surface area contributed by atoms with Crippen molar-refractivity contribution in [3.8, 4) is 0 Å². The summed E-state index contributed by atoms with van der Waals surface area (Å²) in [6.45, 7) is 3.94. The lowest BCUT2D eigenvalue weighted by atomic mass is 9.93. The Bertz CT molecular complexity index is 948. The van der Waals surface area contributed by atoms with Crippen molar-refractivity contribution < 1.29 is 24.6 Å². The minimum Gasteiger partial charge on any atom is -0.507 e. The highest BCUT2D eigenvalue weighted by atomic mass is 32.1. The van der Waals surface area contributed by atoms with Crippen molar-refractivity contribution in [3.63, 3.8) is 0 Å². The molecule has 9 heteroatoms. The maximum absolute atomic E-state index is 14.0. The standard InChI is InChI=1S/C23H29N3O5S/c1-3-5-12-24-21(31)23(26(22(24)32)13-6-4-2)17(18(28)16-10-8-7-9-11-16)19(29)20(30)25(23)14-15-27/h7-11,27-28H,3-6,12-15H2,1-2H3/b18-17-. The van der Waals surface area contributed by atoms with Gasteiger partial charge in [0.1, 0.15) is 11.3 Å². The Balaban J connectivity index is 2.31. The summed E-state index contributed by atoms with van der Waals surface area (Å²) in [5.74, 6) is -2.88. The molecular formula is C23H29N3O5S. The van der Waals surface area contributed by atoms with Crippen molar-refractivity contribution in [2.24, 2.45) is 0 Å². The zero-order valence-electron chi connectivity index (χ0n) is 18.4. The van der Waals surface area contributed by atoms with Crippen molar-refractivity contribution in [1.82, 2.24) is 14.7 Å². The van der Waals surface area contributed by atoms with Crippen LogP contribution in [-0.2, 0) is 14.4 Å². The molecule has 0 saturated carbocycles. The van der Waals surface area contributed by atoms with E-state index in [1.54, 1.807) is 35.2 Å². The third-order valence-corrected chi connectivity index (χ3v) is 6.32. The SMILES string of the molecule is CCCCN1C(=O)C2(/C(=C(\O)c3ccccc3)C(=O)C(=O)N2CCO)N(CCCC)C1=S. The molecular weight excluding hydrogens is 430 g/mol. The van der Waals surface area contributed by atoms with E-state index in [-0.39, 0.29) is 17.2 Å². The van der Waals surface area contributed by atoms with Gasteiger partial charge in [0.2, 0.25) is 5.66 Å². The van der Waals surface area contributed by atoms with Crippen molar-refractivity contribution in [2.75, 3.05) is 26.2 Å². The maximum atomic E-state index is 14.0. The second-order valence-electron chi connectivity index (χ2n) is 7.87. The number of benzene rings is 1. The third-order valence-electron chi connectivity index (χ3n) is 5.88. The molecule has 0 aliphatic carbocycles. The maximum Gasteiger partial charge on any atom is 0.297 e. The number of β-amino-alcohol motifs (C(OH)–C–C–N with tert-alkyl or cyclic N) is 1. The van der Waals surface area contributed by atoms with Gasteiger partial charge in [-0.15, -0.1) is 0 Å². The Morgan fingerprint density at radius 1 is 0.969 bits per heavy atom. The highest BCUT2D eigenvalue weighted by Crippen LogP contribution is 2.45. The van der Waals surface area contributed by atoms with Crippen LogP contribution in [0.25, 0.3) is 5.76 Å². The number of aliphatic hydroxyl groups excluding tert-OH is 2. The van der Waals surface area contributed by atoms with Crippen LogP contribution in [0.4, 0.5) is 0 Å². The lowest BCUT2D eigenvalue weighted by molar-refractivity contribution is -0.149. The van der Waals surface area contributed by atoms with Crippen molar-refractivity contribution in [1.29, 1.82) is 0 Å². The third kappa shape index (κ3) is 3.59. The zero-order chi connectivity index (χ0) is 23.5. The van der Waals surface area contributed by atoms with Crippen molar-refractivity contribution in [2.45, 2.75) is 45.2 Å². The van der Waals surface area contributed by atoms with Crippen LogP contribution in [-0.4, -0.2) is 79.5 Å². The molecule has 32 heavy (non-hydrogen) atoms. The number of likely N-dealkylation sites (tertiary alicyclic amines) is 1. The van der Waals surface area contributed by atoms with E-state index in [0.717, 1.165) is 17.7 Å². The number of thiocarbonyl (C=S) groups is 1. The molecule has 0 aromatic heterocycles. The second-order valence-corrected chi connectivity index (χ2v) is 8.23. The largest absolute Gasteiger partial charge is 0.507 e. The molecule has 2 aliphatic heterocycles. The van der Waals surface area contributed by atoms with Crippen molar-refractivity contribution >= 4 is 40.7 Å². The van der Waals surface area contributed by atoms with Gasteiger partial charge in [-0.3, -0.25) is 24.2 Å².